The van der Waals surface area contributed by atoms with E-state index in [1.165, 1.54) is 0 Å². The quantitative estimate of drug-likeness (QED) is 0.764. The molecule has 0 bridgehead atoms. The Morgan fingerprint density at radius 3 is 2.88 bits per heavy atom. The molecule has 0 aromatic carbocycles. The average molecular weight is 225 g/mol. The number of rotatable bonds is 6. The number of ether oxygens (including phenoxy) is 2. The molecule has 1 aromatic rings. The van der Waals surface area contributed by atoms with Gasteiger partial charge in [-0.2, -0.15) is 0 Å². The lowest BCUT2D eigenvalue weighted by Gasteiger charge is -2.23. The molecule has 1 atom stereocenters. The Morgan fingerprint density at radius 2 is 2.25 bits per heavy atom. The zero-order valence-electron chi connectivity index (χ0n) is 10.0. The molecule has 0 aliphatic carbocycles. The van der Waals surface area contributed by atoms with Crippen LogP contribution in [-0.2, 0) is 4.74 Å². The highest BCUT2D eigenvalue weighted by Gasteiger charge is 2.08. The molecule has 1 heterocycles. The van der Waals surface area contributed by atoms with Gasteiger partial charge < -0.3 is 20.1 Å². The average Bonchev–Trinajstić information content (AvgIpc) is 2.29. The van der Waals surface area contributed by atoms with Crippen molar-refractivity contribution in [1.82, 2.24) is 4.98 Å². The van der Waals surface area contributed by atoms with Gasteiger partial charge >= 0.3 is 0 Å². The van der Waals surface area contributed by atoms with Crippen molar-refractivity contribution in [3.63, 3.8) is 0 Å². The van der Waals surface area contributed by atoms with Crippen molar-refractivity contribution in [1.29, 1.82) is 0 Å². The largest absolute Gasteiger partial charge is 0.481 e. The molecule has 1 unspecified atom stereocenters. The Labute approximate surface area is 96.2 Å². The van der Waals surface area contributed by atoms with Crippen LogP contribution in [0.25, 0.3) is 0 Å². The number of nitrogens with zero attached hydrogens (tertiary/aromatic N) is 2. The highest BCUT2D eigenvalue weighted by Crippen LogP contribution is 2.16. The minimum atomic E-state index is -0.00541. The van der Waals surface area contributed by atoms with Crippen LogP contribution in [0.4, 0.5) is 5.69 Å². The van der Waals surface area contributed by atoms with Gasteiger partial charge in [0, 0.05) is 44.7 Å². The Balaban J connectivity index is 2.61. The van der Waals surface area contributed by atoms with Crippen LogP contribution in [0.2, 0.25) is 0 Å². The lowest BCUT2D eigenvalue weighted by Crippen LogP contribution is -2.38. The SMILES string of the molecule is COCC(N)CN(C)c1ccnc(OC)c1. The van der Waals surface area contributed by atoms with Crippen molar-refractivity contribution in [2.75, 3.05) is 39.3 Å². The van der Waals surface area contributed by atoms with Crippen molar-refractivity contribution in [2.24, 2.45) is 5.73 Å². The first-order valence-electron chi connectivity index (χ1n) is 5.13. The summed E-state index contributed by atoms with van der Waals surface area (Å²) >= 11 is 0. The molecule has 0 aliphatic heterocycles. The van der Waals surface area contributed by atoms with E-state index in [2.05, 4.69) is 4.98 Å². The molecule has 16 heavy (non-hydrogen) atoms. The maximum Gasteiger partial charge on any atom is 0.214 e. The second-order valence-corrected chi connectivity index (χ2v) is 3.65. The van der Waals surface area contributed by atoms with Crippen LogP contribution >= 0.6 is 0 Å². The van der Waals surface area contributed by atoms with Crippen LogP contribution < -0.4 is 15.4 Å². The van der Waals surface area contributed by atoms with E-state index in [-0.39, 0.29) is 6.04 Å². The summed E-state index contributed by atoms with van der Waals surface area (Å²) in [5.74, 6) is 0.602. The fourth-order valence-electron chi connectivity index (χ4n) is 1.47. The molecule has 5 heteroatoms. The molecular weight excluding hydrogens is 206 g/mol. The van der Waals surface area contributed by atoms with Crippen molar-refractivity contribution >= 4 is 5.69 Å². The third-order valence-corrected chi connectivity index (χ3v) is 2.26. The van der Waals surface area contributed by atoms with E-state index >= 15 is 0 Å². The van der Waals surface area contributed by atoms with Crippen LogP contribution in [0.15, 0.2) is 18.3 Å². The van der Waals surface area contributed by atoms with E-state index < -0.39 is 0 Å². The number of methoxy groups -OCH3 is 2. The van der Waals surface area contributed by atoms with E-state index in [1.807, 2.05) is 24.1 Å². The lowest BCUT2D eigenvalue weighted by atomic mass is 10.3. The Kier molecular flexibility index (Phi) is 5.01. The summed E-state index contributed by atoms with van der Waals surface area (Å²) in [5.41, 5.74) is 6.91. The normalized spacial score (nSPS) is 12.2. The number of pyridine rings is 1. The zero-order chi connectivity index (χ0) is 12.0. The summed E-state index contributed by atoms with van der Waals surface area (Å²) in [4.78, 5) is 6.10. The van der Waals surface area contributed by atoms with Gasteiger partial charge in [-0.15, -0.1) is 0 Å². The molecular formula is C11H19N3O2. The van der Waals surface area contributed by atoms with Crippen molar-refractivity contribution in [3.05, 3.63) is 18.3 Å². The number of anilines is 1. The molecule has 0 aliphatic rings. The molecule has 0 saturated heterocycles. The van der Waals surface area contributed by atoms with Gasteiger partial charge in [0.2, 0.25) is 5.88 Å². The topological polar surface area (TPSA) is 60.6 Å². The third-order valence-electron chi connectivity index (χ3n) is 2.26. The number of nitrogens with two attached hydrogens (primary N) is 1. The number of aromatic nitrogens is 1. The summed E-state index contributed by atoms with van der Waals surface area (Å²) in [7, 11) is 5.22. The summed E-state index contributed by atoms with van der Waals surface area (Å²) in [5, 5.41) is 0. The lowest BCUT2D eigenvalue weighted by molar-refractivity contribution is 0.181. The number of hydrogen-bond donors (Lipinski definition) is 1. The number of hydrogen-bond acceptors (Lipinski definition) is 5. The van der Waals surface area contributed by atoms with Crippen LogP contribution in [0.3, 0.4) is 0 Å². The second kappa shape index (κ2) is 6.30. The second-order valence-electron chi connectivity index (χ2n) is 3.65. The van der Waals surface area contributed by atoms with Gasteiger partial charge in [-0.3, -0.25) is 0 Å². The third kappa shape index (κ3) is 3.67. The van der Waals surface area contributed by atoms with Crippen LogP contribution in [0.1, 0.15) is 0 Å². The molecule has 0 radical (unpaired) electrons. The smallest absolute Gasteiger partial charge is 0.214 e. The molecule has 0 spiro atoms. The first-order chi connectivity index (χ1) is 7.67. The molecule has 5 nitrogen and oxygen atoms in total. The molecule has 0 amide bonds. The zero-order valence-corrected chi connectivity index (χ0v) is 10.0. The molecule has 2 N–H and O–H groups in total. The van der Waals surface area contributed by atoms with Crippen LogP contribution in [0, 0.1) is 0 Å². The van der Waals surface area contributed by atoms with E-state index in [0.717, 1.165) is 12.2 Å². The van der Waals surface area contributed by atoms with Crippen molar-refractivity contribution < 1.29 is 9.47 Å². The van der Waals surface area contributed by atoms with E-state index in [9.17, 15) is 0 Å². The van der Waals surface area contributed by atoms with Gasteiger partial charge in [-0.05, 0) is 6.07 Å². The van der Waals surface area contributed by atoms with E-state index in [1.54, 1.807) is 20.4 Å². The Hall–Kier alpha value is -1.33. The van der Waals surface area contributed by atoms with Gasteiger partial charge in [0.05, 0.1) is 13.7 Å². The van der Waals surface area contributed by atoms with Crippen LogP contribution in [0.5, 0.6) is 5.88 Å². The maximum atomic E-state index is 5.88. The summed E-state index contributed by atoms with van der Waals surface area (Å²) in [6, 6.07) is 3.79. The Morgan fingerprint density at radius 1 is 1.50 bits per heavy atom. The van der Waals surface area contributed by atoms with Crippen molar-refractivity contribution in [2.45, 2.75) is 6.04 Å². The van der Waals surface area contributed by atoms with Gasteiger partial charge in [-0.25, -0.2) is 4.98 Å². The molecule has 0 fully saturated rings. The van der Waals surface area contributed by atoms with Gasteiger partial charge in [-0.1, -0.05) is 0 Å². The van der Waals surface area contributed by atoms with E-state index in [0.29, 0.717) is 12.5 Å². The summed E-state index contributed by atoms with van der Waals surface area (Å²) in [6.07, 6.45) is 1.71. The highest BCUT2D eigenvalue weighted by atomic mass is 16.5. The van der Waals surface area contributed by atoms with Gasteiger partial charge in [0.15, 0.2) is 0 Å². The molecule has 1 rings (SSSR count). The first kappa shape index (κ1) is 12.7. The molecule has 90 valence electrons. The standard InChI is InChI=1S/C11H19N3O2/c1-14(7-9(12)8-15-2)10-4-5-13-11(6-10)16-3/h4-6,9H,7-8,12H2,1-3H3. The van der Waals surface area contributed by atoms with Crippen molar-refractivity contribution in [3.8, 4) is 5.88 Å². The molecule has 0 saturated carbocycles. The molecule has 1 aromatic heterocycles. The summed E-state index contributed by atoms with van der Waals surface area (Å²) in [6.45, 7) is 1.27. The predicted molar refractivity (Wildman–Crippen MR) is 63.9 cm³/mol. The minimum absolute atomic E-state index is 0.00541. The number of likely N-dealkylation sites (N-methyl/N-ethyl adjacent to an activating group) is 1. The first-order valence-corrected chi connectivity index (χ1v) is 5.13. The van der Waals surface area contributed by atoms with Gasteiger partial charge in [0.1, 0.15) is 0 Å². The fraction of sp³-hybridized carbons (Fsp3) is 0.545. The fourth-order valence-corrected chi connectivity index (χ4v) is 1.47. The van der Waals surface area contributed by atoms with Gasteiger partial charge in [0.25, 0.3) is 0 Å². The summed E-state index contributed by atoms with van der Waals surface area (Å²) < 4.78 is 10.1. The van der Waals surface area contributed by atoms with E-state index in [4.69, 9.17) is 15.2 Å². The highest BCUT2D eigenvalue weighted by molar-refractivity contribution is 5.47. The monoisotopic (exact) mass is 225 g/mol. The Bertz CT molecular complexity index is 320. The maximum absolute atomic E-state index is 5.88. The minimum Gasteiger partial charge on any atom is -0.481 e. The van der Waals surface area contributed by atoms with Crippen LogP contribution in [-0.4, -0.2) is 45.4 Å². The predicted octanol–water partition coefficient (Wildman–Crippen LogP) is 0.500.